The Morgan fingerprint density at radius 2 is 2.00 bits per heavy atom. The molecule has 0 saturated heterocycles. The SMILES string of the molecule is Cc1cc(NCCCNC(=O)OC(C)(C)C)ccc1F. The molecule has 0 bridgehead atoms. The van der Waals surface area contributed by atoms with Crippen LogP contribution < -0.4 is 10.6 Å². The van der Waals surface area contributed by atoms with Crippen molar-refractivity contribution in [1.29, 1.82) is 0 Å². The van der Waals surface area contributed by atoms with Crippen LogP contribution in [0.2, 0.25) is 0 Å². The lowest BCUT2D eigenvalue weighted by Gasteiger charge is -2.19. The highest BCUT2D eigenvalue weighted by Gasteiger charge is 2.15. The van der Waals surface area contributed by atoms with Crippen LogP contribution in [0.1, 0.15) is 32.8 Å². The summed E-state index contributed by atoms with van der Waals surface area (Å²) in [6.45, 7) is 8.43. The molecule has 0 aliphatic rings. The normalized spacial score (nSPS) is 11.1. The van der Waals surface area contributed by atoms with Crippen molar-refractivity contribution in [2.45, 2.75) is 39.7 Å². The first-order valence-corrected chi connectivity index (χ1v) is 6.75. The van der Waals surface area contributed by atoms with E-state index in [9.17, 15) is 9.18 Å². The van der Waals surface area contributed by atoms with E-state index in [0.29, 0.717) is 18.7 Å². The maximum atomic E-state index is 13.1. The number of aryl methyl sites for hydroxylation is 1. The molecule has 20 heavy (non-hydrogen) atoms. The van der Waals surface area contributed by atoms with Crippen molar-refractivity contribution in [2.75, 3.05) is 18.4 Å². The summed E-state index contributed by atoms with van der Waals surface area (Å²) in [5, 5.41) is 5.86. The second-order valence-corrected chi connectivity index (χ2v) is 5.67. The highest BCUT2D eigenvalue weighted by molar-refractivity contribution is 5.67. The average Bonchev–Trinajstić information content (AvgIpc) is 2.31. The largest absolute Gasteiger partial charge is 0.444 e. The summed E-state index contributed by atoms with van der Waals surface area (Å²) in [7, 11) is 0. The van der Waals surface area contributed by atoms with E-state index in [1.807, 2.05) is 20.8 Å². The van der Waals surface area contributed by atoms with Crippen LogP contribution in [-0.2, 0) is 4.74 Å². The van der Waals surface area contributed by atoms with Crippen LogP contribution >= 0.6 is 0 Å². The van der Waals surface area contributed by atoms with Gasteiger partial charge in [-0.1, -0.05) is 0 Å². The summed E-state index contributed by atoms with van der Waals surface area (Å²) in [6.07, 6.45) is 0.352. The number of nitrogens with one attached hydrogen (secondary N) is 2. The number of carbonyl (C=O) groups is 1. The van der Waals surface area contributed by atoms with E-state index >= 15 is 0 Å². The standard InChI is InChI=1S/C15H23FN2O2/c1-11-10-12(6-7-13(11)16)17-8-5-9-18-14(19)20-15(2,3)4/h6-7,10,17H,5,8-9H2,1-4H3,(H,18,19). The van der Waals surface area contributed by atoms with Crippen molar-refractivity contribution in [2.24, 2.45) is 0 Å². The van der Waals surface area contributed by atoms with Crippen molar-refractivity contribution in [1.82, 2.24) is 5.32 Å². The van der Waals surface area contributed by atoms with Crippen molar-refractivity contribution in [3.63, 3.8) is 0 Å². The van der Waals surface area contributed by atoms with Crippen LogP contribution in [0.4, 0.5) is 14.9 Å². The van der Waals surface area contributed by atoms with Gasteiger partial charge in [0.05, 0.1) is 0 Å². The minimum absolute atomic E-state index is 0.206. The van der Waals surface area contributed by atoms with Crippen LogP contribution in [-0.4, -0.2) is 24.8 Å². The molecule has 1 aromatic carbocycles. The van der Waals surface area contributed by atoms with Gasteiger partial charge in [0, 0.05) is 18.8 Å². The molecule has 4 nitrogen and oxygen atoms in total. The van der Waals surface area contributed by atoms with Crippen molar-refractivity contribution in [3.8, 4) is 0 Å². The Bertz CT molecular complexity index is 456. The van der Waals surface area contributed by atoms with E-state index in [0.717, 1.165) is 12.1 Å². The second kappa shape index (κ2) is 7.12. The lowest BCUT2D eigenvalue weighted by Crippen LogP contribution is -2.33. The van der Waals surface area contributed by atoms with Gasteiger partial charge in [-0.25, -0.2) is 9.18 Å². The topological polar surface area (TPSA) is 50.4 Å². The minimum atomic E-state index is -0.478. The third kappa shape index (κ3) is 6.41. The summed E-state index contributed by atoms with van der Waals surface area (Å²) < 4.78 is 18.2. The van der Waals surface area contributed by atoms with Crippen LogP contribution in [0.15, 0.2) is 18.2 Å². The molecule has 0 aliphatic carbocycles. The third-order valence-electron chi connectivity index (χ3n) is 2.51. The fourth-order valence-corrected chi connectivity index (χ4v) is 1.58. The molecule has 0 aromatic heterocycles. The zero-order chi connectivity index (χ0) is 15.2. The molecule has 0 atom stereocenters. The molecule has 0 unspecified atom stereocenters. The molecular formula is C15H23FN2O2. The molecule has 0 saturated carbocycles. The molecule has 1 rings (SSSR count). The number of anilines is 1. The molecule has 2 N–H and O–H groups in total. The van der Waals surface area contributed by atoms with Crippen LogP contribution in [0, 0.1) is 12.7 Å². The number of hydrogen-bond acceptors (Lipinski definition) is 3. The number of halogens is 1. The summed E-state index contributed by atoms with van der Waals surface area (Å²) in [6, 6.07) is 4.90. The van der Waals surface area contributed by atoms with Gasteiger partial charge in [-0.2, -0.15) is 0 Å². The lowest BCUT2D eigenvalue weighted by atomic mass is 10.2. The predicted octanol–water partition coefficient (Wildman–Crippen LogP) is 3.46. The number of amides is 1. The number of alkyl carbamates (subject to hydrolysis) is 1. The maximum absolute atomic E-state index is 13.1. The van der Waals surface area contributed by atoms with Gasteiger partial charge in [-0.15, -0.1) is 0 Å². The number of hydrogen-bond donors (Lipinski definition) is 2. The van der Waals surface area contributed by atoms with Gasteiger partial charge < -0.3 is 15.4 Å². The molecule has 5 heteroatoms. The smallest absolute Gasteiger partial charge is 0.407 e. The highest BCUT2D eigenvalue weighted by atomic mass is 19.1. The molecule has 0 aliphatic heterocycles. The third-order valence-corrected chi connectivity index (χ3v) is 2.51. The highest BCUT2D eigenvalue weighted by Crippen LogP contribution is 2.13. The van der Waals surface area contributed by atoms with Crippen molar-refractivity contribution < 1.29 is 13.9 Å². The van der Waals surface area contributed by atoms with Crippen molar-refractivity contribution >= 4 is 11.8 Å². The van der Waals surface area contributed by atoms with E-state index in [1.54, 1.807) is 19.1 Å². The quantitative estimate of drug-likeness (QED) is 0.813. The van der Waals surface area contributed by atoms with Gasteiger partial charge >= 0.3 is 6.09 Å². The minimum Gasteiger partial charge on any atom is -0.444 e. The van der Waals surface area contributed by atoms with Crippen LogP contribution in [0.5, 0.6) is 0 Å². The first-order valence-electron chi connectivity index (χ1n) is 6.75. The van der Waals surface area contributed by atoms with Crippen LogP contribution in [0.3, 0.4) is 0 Å². The number of benzene rings is 1. The summed E-state index contributed by atoms with van der Waals surface area (Å²) in [4.78, 5) is 11.4. The van der Waals surface area contributed by atoms with Crippen molar-refractivity contribution in [3.05, 3.63) is 29.6 Å². The maximum Gasteiger partial charge on any atom is 0.407 e. The first-order chi connectivity index (χ1) is 9.28. The van der Waals surface area contributed by atoms with Gasteiger partial charge in [0.1, 0.15) is 11.4 Å². The molecule has 0 spiro atoms. The molecule has 0 radical (unpaired) electrons. The Hall–Kier alpha value is -1.78. The van der Waals surface area contributed by atoms with Gasteiger partial charge in [0.25, 0.3) is 0 Å². The van der Waals surface area contributed by atoms with E-state index in [-0.39, 0.29) is 5.82 Å². The van der Waals surface area contributed by atoms with Gasteiger partial charge in [-0.3, -0.25) is 0 Å². The molecule has 1 aromatic rings. The summed E-state index contributed by atoms with van der Waals surface area (Å²) in [5.74, 6) is -0.206. The molecule has 1 amide bonds. The Balaban J connectivity index is 2.19. The fraction of sp³-hybridized carbons (Fsp3) is 0.533. The average molecular weight is 282 g/mol. The zero-order valence-electron chi connectivity index (χ0n) is 12.5. The van der Waals surface area contributed by atoms with Gasteiger partial charge in [0.15, 0.2) is 0 Å². The number of rotatable bonds is 5. The second-order valence-electron chi connectivity index (χ2n) is 5.67. The molecule has 0 fully saturated rings. The molecule has 112 valence electrons. The molecular weight excluding hydrogens is 259 g/mol. The van der Waals surface area contributed by atoms with E-state index < -0.39 is 11.7 Å². The Kier molecular flexibility index (Phi) is 5.80. The fourth-order valence-electron chi connectivity index (χ4n) is 1.58. The van der Waals surface area contributed by atoms with Gasteiger partial charge in [-0.05, 0) is 57.9 Å². The summed E-state index contributed by atoms with van der Waals surface area (Å²) in [5.41, 5.74) is 1.01. The Morgan fingerprint density at radius 1 is 1.30 bits per heavy atom. The van der Waals surface area contributed by atoms with E-state index in [1.165, 1.54) is 6.07 Å². The lowest BCUT2D eigenvalue weighted by molar-refractivity contribution is 0.0528. The number of carbonyl (C=O) groups excluding carboxylic acids is 1. The van der Waals surface area contributed by atoms with E-state index in [2.05, 4.69) is 10.6 Å². The molecule has 0 heterocycles. The number of ether oxygens (including phenoxy) is 1. The first kappa shape index (κ1) is 16.3. The van der Waals surface area contributed by atoms with Gasteiger partial charge in [0.2, 0.25) is 0 Å². The Labute approximate surface area is 119 Å². The van der Waals surface area contributed by atoms with E-state index in [4.69, 9.17) is 4.74 Å². The Morgan fingerprint density at radius 3 is 2.60 bits per heavy atom. The zero-order valence-corrected chi connectivity index (χ0v) is 12.5. The summed E-state index contributed by atoms with van der Waals surface area (Å²) >= 11 is 0. The predicted molar refractivity (Wildman–Crippen MR) is 78.5 cm³/mol. The monoisotopic (exact) mass is 282 g/mol. The van der Waals surface area contributed by atoms with Crippen LogP contribution in [0.25, 0.3) is 0 Å².